The molecule has 0 aliphatic rings. The van der Waals surface area contributed by atoms with Gasteiger partial charge in [-0.15, -0.1) is 0 Å². The molecular formula is C24H17F3N4O3. The van der Waals surface area contributed by atoms with Gasteiger partial charge < -0.3 is 15.7 Å². The van der Waals surface area contributed by atoms with E-state index in [-0.39, 0.29) is 17.7 Å². The summed E-state index contributed by atoms with van der Waals surface area (Å²) in [5.41, 5.74) is 1.02. The third-order valence-electron chi connectivity index (χ3n) is 5.01. The highest BCUT2D eigenvalue weighted by Gasteiger charge is 2.30. The van der Waals surface area contributed by atoms with Crippen molar-refractivity contribution >= 4 is 34.3 Å². The van der Waals surface area contributed by atoms with Gasteiger partial charge in [-0.1, -0.05) is 18.2 Å². The number of hydrogen-bond acceptors (Lipinski definition) is 5. The second-order valence-electron chi connectivity index (χ2n) is 7.31. The van der Waals surface area contributed by atoms with Crippen LogP contribution in [0.15, 0.2) is 73.1 Å². The molecule has 172 valence electrons. The van der Waals surface area contributed by atoms with Crippen molar-refractivity contribution in [2.75, 3.05) is 5.32 Å². The van der Waals surface area contributed by atoms with Gasteiger partial charge in [0.05, 0.1) is 16.6 Å². The molecule has 1 heterocycles. The standard InChI is InChI=1S/C24H17F3N4O3/c25-24(26,27)16-9-7-15(8-10-16)22(32)28-12-14-3-1-4-17(11-14)31-21-18-5-2-6-19(23(33)34)20(18)29-13-30-21/h1-11,13H,12H2,(H,28,32)(H,33,34)(H,29,30,31). The SMILES string of the molecule is O=C(NCc1cccc(Nc2ncnc3c(C(=O)O)cccc23)c1)c1ccc(C(F)(F)F)cc1. The van der Waals surface area contributed by atoms with Crippen LogP contribution in [-0.4, -0.2) is 27.0 Å². The van der Waals surface area contributed by atoms with Gasteiger partial charge in [0.2, 0.25) is 0 Å². The van der Waals surface area contributed by atoms with E-state index in [4.69, 9.17) is 0 Å². The van der Waals surface area contributed by atoms with E-state index in [1.807, 2.05) is 0 Å². The van der Waals surface area contributed by atoms with Gasteiger partial charge in [-0.25, -0.2) is 14.8 Å². The average Bonchev–Trinajstić information content (AvgIpc) is 2.82. The fourth-order valence-corrected chi connectivity index (χ4v) is 3.35. The molecule has 1 aromatic heterocycles. The van der Waals surface area contributed by atoms with E-state index in [0.717, 1.165) is 29.8 Å². The lowest BCUT2D eigenvalue weighted by molar-refractivity contribution is -0.137. The van der Waals surface area contributed by atoms with Crippen LogP contribution in [0, 0.1) is 0 Å². The first-order valence-corrected chi connectivity index (χ1v) is 10.0. The van der Waals surface area contributed by atoms with Crippen molar-refractivity contribution in [3.05, 3.63) is 95.3 Å². The van der Waals surface area contributed by atoms with Crippen LogP contribution < -0.4 is 10.6 Å². The number of amides is 1. The Morgan fingerprint density at radius 2 is 1.68 bits per heavy atom. The smallest absolute Gasteiger partial charge is 0.416 e. The predicted octanol–water partition coefficient (Wildman–Crippen LogP) is 5.02. The Balaban J connectivity index is 1.47. The number of alkyl halides is 3. The summed E-state index contributed by atoms with van der Waals surface area (Å²) in [7, 11) is 0. The Labute approximate surface area is 191 Å². The average molecular weight is 466 g/mol. The number of anilines is 2. The molecule has 1 amide bonds. The molecule has 0 aliphatic heterocycles. The van der Waals surface area contributed by atoms with Gasteiger partial charge in [-0.3, -0.25) is 4.79 Å². The van der Waals surface area contributed by atoms with Gasteiger partial charge in [0.25, 0.3) is 5.91 Å². The van der Waals surface area contributed by atoms with E-state index < -0.39 is 23.6 Å². The zero-order valence-corrected chi connectivity index (χ0v) is 17.4. The van der Waals surface area contributed by atoms with Crippen molar-refractivity contribution in [3.8, 4) is 0 Å². The molecule has 0 atom stereocenters. The number of carboxylic acid groups (broad SMARTS) is 1. The van der Waals surface area contributed by atoms with Crippen LogP contribution in [0.5, 0.6) is 0 Å². The molecule has 0 bridgehead atoms. The topological polar surface area (TPSA) is 104 Å². The highest BCUT2D eigenvalue weighted by atomic mass is 19.4. The third-order valence-corrected chi connectivity index (χ3v) is 5.01. The molecule has 0 unspecified atom stereocenters. The Morgan fingerprint density at radius 1 is 0.941 bits per heavy atom. The summed E-state index contributed by atoms with van der Waals surface area (Å²) in [6.45, 7) is 0.142. The number of aromatic carboxylic acids is 1. The Morgan fingerprint density at radius 3 is 2.38 bits per heavy atom. The number of aromatic nitrogens is 2. The molecule has 0 saturated heterocycles. The maximum absolute atomic E-state index is 12.7. The van der Waals surface area contributed by atoms with Crippen LogP contribution in [0.3, 0.4) is 0 Å². The van der Waals surface area contributed by atoms with Crippen molar-refractivity contribution < 1.29 is 27.9 Å². The second kappa shape index (κ2) is 9.18. The lowest BCUT2D eigenvalue weighted by Crippen LogP contribution is -2.23. The number of nitrogens with one attached hydrogen (secondary N) is 2. The Kier molecular flexibility index (Phi) is 6.13. The summed E-state index contributed by atoms with van der Waals surface area (Å²) < 4.78 is 38.1. The van der Waals surface area contributed by atoms with Gasteiger partial charge in [-0.2, -0.15) is 13.2 Å². The Hall–Kier alpha value is -4.47. The number of fused-ring (bicyclic) bond motifs is 1. The number of benzene rings is 3. The van der Waals surface area contributed by atoms with Crippen LogP contribution in [0.2, 0.25) is 0 Å². The fraction of sp³-hybridized carbons (Fsp3) is 0.0833. The van der Waals surface area contributed by atoms with Gasteiger partial charge in [0.15, 0.2) is 0 Å². The summed E-state index contributed by atoms with van der Waals surface area (Å²) in [5, 5.41) is 15.7. The summed E-state index contributed by atoms with van der Waals surface area (Å²) in [4.78, 5) is 32.1. The first-order valence-electron chi connectivity index (χ1n) is 10.0. The second-order valence-corrected chi connectivity index (χ2v) is 7.31. The number of para-hydroxylation sites is 1. The van der Waals surface area contributed by atoms with Crippen molar-refractivity contribution in [2.45, 2.75) is 12.7 Å². The highest BCUT2D eigenvalue weighted by molar-refractivity contribution is 6.04. The normalized spacial score (nSPS) is 11.3. The first-order chi connectivity index (χ1) is 16.2. The minimum Gasteiger partial charge on any atom is -0.478 e. The lowest BCUT2D eigenvalue weighted by Gasteiger charge is -2.11. The molecule has 0 spiro atoms. The first kappa shape index (κ1) is 22.7. The van der Waals surface area contributed by atoms with Crippen molar-refractivity contribution in [1.82, 2.24) is 15.3 Å². The van der Waals surface area contributed by atoms with Crippen LogP contribution >= 0.6 is 0 Å². The number of halogens is 3. The number of hydrogen-bond donors (Lipinski definition) is 3. The molecule has 0 aliphatic carbocycles. The monoisotopic (exact) mass is 466 g/mol. The number of rotatable bonds is 6. The molecule has 4 rings (SSSR count). The number of carboxylic acids is 1. The van der Waals surface area contributed by atoms with E-state index in [1.165, 1.54) is 12.4 Å². The molecule has 0 radical (unpaired) electrons. The molecule has 3 aromatic carbocycles. The molecule has 0 saturated carbocycles. The lowest BCUT2D eigenvalue weighted by atomic mass is 10.1. The highest BCUT2D eigenvalue weighted by Crippen LogP contribution is 2.29. The fourth-order valence-electron chi connectivity index (χ4n) is 3.35. The van der Waals surface area contributed by atoms with Crippen molar-refractivity contribution in [1.29, 1.82) is 0 Å². The van der Waals surface area contributed by atoms with E-state index >= 15 is 0 Å². The number of nitrogens with zero attached hydrogens (tertiary/aromatic N) is 2. The van der Waals surface area contributed by atoms with Gasteiger partial charge in [0.1, 0.15) is 12.1 Å². The molecule has 7 nitrogen and oxygen atoms in total. The minimum atomic E-state index is -4.47. The summed E-state index contributed by atoms with van der Waals surface area (Å²) in [6.07, 6.45) is -3.20. The molecule has 3 N–H and O–H groups in total. The maximum atomic E-state index is 12.7. The zero-order valence-electron chi connectivity index (χ0n) is 17.4. The van der Waals surface area contributed by atoms with Gasteiger partial charge in [0, 0.05) is 23.2 Å². The summed E-state index contributed by atoms with van der Waals surface area (Å²) in [5.74, 6) is -1.19. The Bertz CT molecular complexity index is 1370. The minimum absolute atomic E-state index is 0.0580. The maximum Gasteiger partial charge on any atom is 0.416 e. The van der Waals surface area contributed by atoms with E-state index in [2.05, 4.69) is 20.6 Å². The third kappa shape index (κ3) is 4.96. The van der Waals surface area contributed by atoms with E-state index in [1.54, 1.807) is 36.4 Å². The summed E-state index contributed by atoms with van der Waals surface area (Å²) >= 11 is 0. The van der Waals surface area contributed by atoms with Crippen LogP contribution in [-0.2, 0) is 12.7 Å². The molecule has 0 fully saturated rings. The molecule has 10 heteroatoms. The van der Waals surface area contributed by atoms with Gasteiger partial charge in [-0.05, 0) is 54.1 Å². The number of carbonyl (C=O) groups is 2. The predicted molar refractivity (Wildman–Crippen MR) is 119 cm³/mol. The van der Waals surface area contributed by atoms with Crippen LogP contribution in [0.4, 0.5) is 24.7 Å². The van der Waals surface area contributed by atoms with Crippen LogP contribution in [0.1, 0.15) is 31.8 Å². The van der Waals surface area contributed by atoms with Gasteiger partial charge >= 0.3 is 12.1 Å². The van der Waals surface area contributed by atoms with Crippen molar-refractivity contribution in [3.63, 3.8) is 0 Å². The zero-order chi connectivity index (χ0) is 24.3. The van der Waals surface area contributed by atoms with Crippen LogP contribution in [0.25, 0.3) is 10.9 Å². The molecule has 4 aromatic rings. The number of carbonyl (C=O) groups excluding carboxylic acids is 1. The van der Waals surface area contributed by atoms with E-state index in [9.17, 15) is 27.9 Å². The van der Waals surface area contributed by atoms with E-state index in [0.29, 0.717) is 22.4 Å². The quantitative estimate of drug-likeness (QED) is 0.369. The molecule has 34 heavy (non-hydrogen) atoms. The summed E-state index contributed by atoms with van der Waals surface area (Å²) in [6, 6.07) is 15.8. The molecular weight excluding hydrogens is 449 g/mol. The largest absolute Gasteiger partial charge is 0.478 e. The van der Waals surface area contributed by atoms with Crippen molar-refractivity contribution in [2.24, 2.45) is 0 Å².